The molecule has 0 aromatic heterocycles. The third-order valence-electron chi connectivity index (χ3n) is 1.62. The van der Waals surface area contributed by atoms with E-state index in [4.69, 9.17) is 5.11 Å². The van der Waals surface area contributed by atoms with Crippen molar-refractivity contribution >= 4 is 5.97 Å². The van der Waals surface area contributed by atoms with Crippen LogP contribution in [0.1, 0.15) is 13.8 Å². The third kappa shape index (κ3) is 9.02. The number of nitrogens with zero attached hydrogens (tertiary/aromatic N) is 1. The summed E-state index contributed by atoms with van der Waals surface area (Å²) >= 11 is 0. The summed E-state index contributed by atoms with van der Waals surface area (Å²) in [6.45, 7) is 8.55. The molecule has 0 heterocycles. The van der Waals surface area contributed by atoms with E-state index in [-0.39, 0.29) is 6.54 Å². The Balaban J connectivity index is 3.78. The quantitative estimate of drug-likeness (QED) is 0.620. The second-order valence-electron chi connectivity index (χ2n) is 3.82. The van der Waals surface area contributed by atoms with Crippen LogP contribution in [0.25, 0.3) is 0 Å². The van der Waals surface area contributed by atoms with Crippen LogP contribution < -0.4 is 5.32 Å². The van der Waals surface area contributed by atoms with Crippen LogP contribution in [-0.4, -0.2) is 42.2 Å². The number of rotatable bonds is 7. The molecule has 0 saturated heterocycles. The highest BCUT2D eigenvalue weighted by molar-refractivity contribution is 5.69. The van der Waals surface area contributed by atoms with Gasteiger partial charge in [-0.1, -0.05) is 12.7 Å². The smallest absolute Gasteiger partial charge is 0.317 e. The first-order valence-corrected chi connectivity index (χ1v) is 4.94. The molecule has 0 aliphatic rings. The number of hydrogen-bond acceptors (Lipinski definition) is 3. The summed E-state index contributed by atoms with van der Waals surface area (Å²) in [5.41, 5.74) is 0.841. The van der Waals surface area contributed by atoms with Crippen molar-refractivity contribution < 1.29 is 9.90 Å². The van der Waals surface area contributed by atoms with Crippen LogP contribution in [0.15, 0.2) is 24.4 Å². The normalized spacial score (nSPS) is 11.3. The second kappa shape index (κ2) is 7.06. The van der Waals surface area contributed by atoms with E-state index < -0.39 is 5.97 Å². The van der Waals surface area contributed by atoms with Gasteiger partial charge in [0.15, 0.2) is 0 Å². The predicted molar refractivity (Wildman–Crippen MR) is 61.7 cm³/mol. The minimum atomic E-state index is -0.815. The Morgan fingerprint density at radius 3 is 2.67 bits per heavy atom. The largest absolute Gasteiger partial charge is 0.480 e. The van der Waals surface area contributed by atoms with Gasteiger partial charge in [-0.2, -0.15) is 0 Å². The summed E-state index contributed by atoms with van der Waals surface area (Å²) in [5, 5.41) is 11.7. The molecular weight excluding hydrogens is 192 g/mol. The minimum absolute atomic E-state index is 0.0500. The van der Waals surface area contributed by atoms with Crippen molar-refractivity contribution in [1.82, 2.24) is 10.2 Å². The molecule has 4 nitrogen and oxygen atoms in total. The fraction of sp³-hybridized carbons (Fsp3) is 0.545. The molecule has 0 unspecified atom stereocenters. The summed E-state index contributed by atoms with van der Waals surface area (Å²) in [5.74, 6) is -0.815. The van der Waals surface area contributed by atoms with E-state index in [1.165, 1.54) is 0 Å². The highest BCUT2D eigenvalue weighted by Gasteiger charge is 2.00. The van der Waals surface area contributed by atoms with Gasteiger partial charge in [-0.05, 0) is 27.0 Å². The van der Waals surface area contributed by atoms with Crippen LogP contribution in [0.5, 0.6) is 0 Å². The molecule has 0 aliphatic heterocycles. The molecule has 86 valence electrons. The van der Waals surface area contributed by atoms with Gasteiger partial charge in [0.1, 0.15) is 0 Å². The van der Waals surface area contributed by atoms with Gasteiger partial charge in [0.2, 0.25) is 0 Å². The summed E-state index contributed by atoms with van der Waals surface area (Å²) in [4.78, 5) is 12.1. The standard InChI is InChI=1S/C11H20N2O2/c1-9(2)12-10(3)6-5-7-13(4)8-11(14)15/h5-6,9,12H,3,7-8H2,1-2,4H3,(H,14,15)/b6-5+. The van der Waals surface area contributed by atoms with Crippen molar-refractivity contribution in [2.75, 3.05) is 20.1 Å². The fourth-order valence-corrected chi connectivity index (χ4v) is 1.09. The lowest BCUT2D eigenvalue weighted by Crippen LogP contribution is -2.25. The number of carbonyl (C=O) groups is 1. The van der Waals surface area contributed by atoms with Crippen molar-refractivity contribution in [2.45, 2.75) is 19.9 Å². The molecule has 0 aliphatic carbocycles. The average Bonchev–Trinajstić information content (AvgIpc) is 2.00. The van der Waals surface area contributed by atoms with Gasteiger partial charge >= 0.3 is 5.97 Å². The molecule has 0 bridgehead atoms. The maximum absolute atomic E-state index is 10.4. The molecule has 0 aromatic carbocycles. The molecule has 0 saturated carbocycles. The van der Waals surface area contributed by atoms with Gasteiger partial charge in [0.25, 0.3) is 0 Å². The van der Waals surface area contributed by atoms with E-state index in [1.54, 1.807) is 11.9 Å². The molecule has 4 heteroatoms. The van der Waals surface area contributed by atoms with Crippen molar-refractivity contribution in [2.24, 2.45) is 0 Å². The number of allylic oxidation sites excluding steroid dienone is 1. The lowest BCUT2D eigenvalue weighted by atomic mass is 10.3. The van der Waals surface area contributed by atoms with E-state index in [2.05, 4.69) is 11.9 Å². The Hall–Kier alpha value is -1.29. The van der Waals surface area contributed by atoms with Crippen molar-refractivity contribution in [3.8, 4) is 0 Å². The molecule has 0 aromatic rings. The molecule has 0 amide bonds. The van der Waals surface area contributed by atoms with Crippen molar-refractivity contribution in [3.05, 3.63) is 24.4 Å². The fourth-order valence-electron chi connectivity index (χ4n) is 1.09. The highest BCUT2D eigenvalue weighted by Crippen LogP contribution is 1.92. The number of aliphatic carboxylic acids is 1. The van der Waals surface area contributed by atoms with Gasteiger partial charge in [-0.15, -0.1) is 0 Å². The molecule has 0 spiro atoms. The lowest BCUT2D eigenvalue weighted by molar-refractivity contribution is -0.137. The van der Waals surface area contributed by atoms with E-state index in [9.17, 15) is 4.79 Å². The van der Waals surface area contributed by atoms with Gasteiger partial charge in [-0.25, -0.2) is 0 Å². The van der Waals surface area contributed by atoms with Gasteiger partial charge in [0, 0.05) is 18.3 Å². The zero-order chi connectivity index (χ0) is 11.8. The lowest BCUT2D eigenvalue weighted by Gasteiger charge is -2.11. The SMILES string of the molecule is C=C(/C=C/CN(C)CC(=O)O)NC(C)C. The molecule has 15 heavy (non-hydrogen) atoms. The van der Waals surface area contributed by atoms with E-state index >= 15 is 0 Å². The Labute approximate surface area is 91.3 Å². The maximum Gasteiger partial charge on any atom is 0.317 e. The van der Waals surface area contributed by atoms with Crippen LogP contribution >= 0.6 is 0 Å². The predicted octanol–water partition coefficient (Wildman–Crippen LogP) is 1.07. The number of carboxylic acid groups (broad SMARTS) is 1. The van der Waals surface area contributed by atoms with Gasteiger partial charge < -0.3 is 10.4 Å². The van der Waals surface area contributed by atoms with Crippen LogP contribution in [0.3, 0.4) is 0 Å². The molecule has 0 fully saturated rings. The summed E-state index contributed by atoms with van der Waals surface area (Å²) in [7, 11) is 1.76. The molecule has 0 atom stereocenters. The molecular formula is C11H20N2O2. The van der Waals surface area contributed by atoms with Gasteiger partial charge in [-0.3, -0.25) is 9.69 Å². The zero-order valence-electron chi connectivity index (χ0n) is 9.66. The summed E-state index contributed by atoms with van der Waals surface area (Å²) < 4.78 is 0. The van der Waals surface area contributed by atoms with E-state index in [0.29, 0.717) is 12.6 Å². The van der Waals surface area contributed by atoms with Crippen LogP contribution in [0.4, 0.5) is 0 Å². The Kier molecular flexibility index (Phi) is 6.45. The monoisotopic (exact) mass is 212 g/mol. The Bertz CT molecular complexity index is 247. The number of hydrogen-bond donors (Lipinski definition) is 2. The Morgan fingerprint density at radius 2 is 2.20 bits per heavy atom. The maximum atomic E-state index is 10.4. The first-order chi connectivity index (χ1) is 6.91. The van der Waals surface area contributed by atoms with Gasteiger partial charge in [0.05, 0.1) is 6.54 Å². The van der Waals surface area contributed by atoms with Crippen LogP contribution in [0, 0.1) is 0 Å². The first kappa shape index (κ1) is 13.7. The summed E-state index contributed by atoms with van der Waals surface area (Å²) in [6.07, 6.45) is 3.75. The second-order valence-corrected chi connectivity index (χ2v) is 3.82. The Morgan fingerprint density at radius 1 is 1.60 bits per heavy atom. The number of likely N-dealkylation sites (N-methyl/N-ethyl adjacent to an activating group) is 1. The van der Waals surface area contributed by atoms with Crippen LogP contribution in [-0.2, 0) is 4.79 Å². The number of carboxylic acids is 1. The molecule has 2 N–H and O–H groups in total. The van der Waals surface area contributed by atoms with Crippen molar-refractivity contribution in [1.29, 1.82) is 0 Å². The zero-order valence-corrected chi connectivity index (χ0v) is 9.66. The first-order valence-electron chi connectivity index (χ1n) is 4.94. The molecule has 0 radical (unpaired) electrons. The number of nitrogens with one attached hydrogen (secondary N) is 1. The van der Waals surface area contributed by atoms with E-state index in [1.807, 2.05) is 26.0 Å². The minimum Gasteiger partial charge on any atom is -0.480 e. The summed E-state index contributed by atoms with van der Waals surface area (Å²) in [6, 6.07) is 0.360. The molecule has 0 rings (SSSR count). The topological polar surface area (TPSA) is 52.6 Å². The third-order valence-corrected chi connectivity index (χ3v) is 1.62. The van der Waals surface area contributed by atoms with E-state index in [0.717, 1.165) is 5.70 Å². The highest BCUT2D eigenvalue weighted by atomic mass is 16.4. The van der Waals surface area contributed by atoms with Crippen molar-refractivity contribution in [3.63, 3.8) is 0 Å². The average molecular weight is 212 g/mol. The van der Waals surface area contributed by atoms with Crippen LogP contribution in [0.2, 0.25) is 0 Å².